The van der Waals surface area contributed by atoms with Gasteiger partial charge in [0.25, 0.3) is 0 Å². The van der Waals surface area contributed by atoms with Gasteiger partial charge in [-0.25, -0.2) is 13.6 Å². The zero-order chi connectivity index (χ0) is 21.5. The molecule has 30 heavy (non-hydrogen) atoms. The van der Waals surface area contributed by atoms with E-state index < -0.39 is 17.7 Å². The minimum atomic E-state index is -0.940. The van der Waals surface area contributed by atoms with Gasteiger partial charge in [0.1, 0.15) is 0 Å². The summed E-state index contributed by atoms with van der Waals surface area (Å²) < 4.78 is 26.4. The van der Waals surface area contributed by atoms with Crippen LogP contribution in [0.1, 0.15) is 31.4 Å². The van der Waals surface area contributed by atoms with E-state index in [2.05, 4.69) is 20.9 Å². The number of amides is 3. The molecule has 2 aromatic rings. The Morgan fingerprint density at radius 1 is 1.07 bits per heavy atom. The zero-order valence-electron chi connectivity index (χ0n) is 16.8. The number of piperidine rings is 1. The van der Waals surface area contributed by atoms with E-state index in [1.54, 1.807) is 6.92 Å². The highest BCUT2D eigenvalue weighted by Crippen LogP contribution is 2.16. The van der Waals surface area contributed by atoms with Crippen LogP contribution in [-0.2, 0) is 4.79 Å². The van der Waals surface area contributed by atoms with Gasteiger partial charge in [0, 0.05) is 24.8 Å². The number of nitrogens with one attached hydrogen (secondary N) is 3. The SMILES string of the molecule is C[C@H](NC(=O)NC1CCN(CC(=O)Nc2ccccc2)CC1)c1ccc(F)c(F)c1. The van der Waals surface area contributed by atoms with E-state index in [4.69, 9.17) is 0 Å². The third-order valence-electron chi connectivity index (χ3n) is 5.14. The van der Waals surface area contributed by atoms with E-state index >= 15 is 0 Å². The summed E-state index contributed by atoms with van der Waals surface area (Å²) in [5.41, 5.74) is 1.26. The Bertz CT molecular complexity index is 871. The first-order chi connectivity index (χ1) is 14.4. The Kier molecular flexibility index (Phi) is 7.35. The standard InChI is InChI=1S/C22H26F2N4O2/c1-15(16-7-8-19(23)20(24)13-16)25-22(30)27-18-9-11-28(12-10-18)14-21(29)26-17-5-3-2-4-6-17/h2-8,13,15,18H,9-12,14H2,1H3,(H,26,29)(H2,25,27,30)/t15-/m0/s1. The summed E-state index contributed by atoms with van der Waals surface area (Å²) in [6.45, 7) is 3.42. The molecule has 0 aliphatic carbocycles. The van der Waals surface area contributed by atoms with Crippen LogP contribution in [0, 0.1) is 11.6 Å². The molecular formula is C22H26F2N4O2. The number of para-hydroxylation sites is 1. The number of anilines is 1. The molecule has 0 bridgehead atoms. The second-order valence-corrected chi connectivity index (χ2v) is 7.48. The lowest BCUT2D eigenvalue weighted by Crippen LogP contribution is -2.49. The number of hydrogen-bond acceptors (Lipinski definition) is 3. The van der Waals surface area contributed by atoms with Crippen molar-refractivity contribution in [3.8, 4) is 0 Å². The van der Waals surface area contributed by atoms with Gasteiger partial charge in [-0.1, -0.05) is 24.3 Å². The molecule has 0 aromatic heterocycles. The number of hydrogen-bond donors (Lipinski definition) is 3. The first-order valence-electron chi connectivity index (χ1n) is 10.00. The van der Waals surface area contributed by atoms with Crippen molar-refractivity contribution in [3.63, 3.8) is 0 Å². The highest BCUT2D eigenvalue weighted by Gasteiger charge is 2.23. The van der Waals surface area contributed by atoms with E-state index in [1.807, 2.05) is 30.3 Å². The van der Waals surface area contributed by atoms with Gasteiger partial charge in [-0.15, -0.1) is 0 Å². The van der Waals surface area contributed by atoms with Gasteiger partial charge in [-0.2, -0.15) is 0 Å². The summed E-state index contributed by atoms with van der Waals surface area (Å²) in [5, 5.41) is 8.52. The zero-order valence-corrected chi connectivity index (χ0v) is 16.8. The topological polar surface area (TPSA) is 73.5 Å². The van der Waals surface area contributed by atoms with Crippen LogP contribution in [0.25, 0.3) is 0 Å². The van der Waals surface area contributed by atoms with Crippen LogP contribution in [0.2, 0.25) is 0 Å². The summed E-state index contributed by atoms with van der Waals surface area (Å²) in [7, 11) is 0. The first kappa shape index (κ1) is 21.7. The van der Waals surface area contributed by atoms with E-state index in [-0.39, 0.29) is 18.0 Å². The lowest BCUT2D eigenvalue weighted by Gasteiger charge is -2.32. The molecular weight excluding hydrogens is 390 g/mol. The predicted molar refractivity (Wildman–Crippen MR) is 111 cm³/mol. The van der Waals surface area contributed by atoms with Crippen molar-refractivity contribution < 1.29 is 18.4 Å². The molecule has 3 rings (SSSR count). The van der Waals surface area contributed by atoms with Gasteiger partial charge in [0.15, 0.2) is 11.6 Å². The van der Waals surface area contributed by atoms with Crippen molar-refractivity contribution in [2.45, 2.75) is 31.8 Å². The first-order valence-corrected chi connectivity index (χ1v) is 10.00. The van der Waals surface area contributed by atoms with E-state index in [0.29, 0.717) is 25.2 Å². The van der Waals surface area contributed by atoms with Gasteiger partial charge in [-0.3, -0.25) is 9.69 Å². The quantitative estimate of drug-likeness (QED) is 0.676. The number of carbonyl (C=O) groups is 2. The molecule has 1 atom stereocenters. The molecule has 1 fully saturated rings. The van der Waals surface area contributed by atoms with Crippen LogP contribution in [0.15, 0.2) is 48.5 Å². The maximum atomic E-state index is 13.4. The molecule has 8 heteroatoms. The van der Waals surface area contributed by atoms with Crippen LogP contribution >= 0.6 is 0 Å². The van der Waals surface area contributed by atoms with Gasteiger partial charge in [0.05, 0.1) is 12.6 Å². The highest BCUT2D eigenvalue weighted by molar-refractivity contribution is 5.92. The Balaban J connectivity index is 1.39. The van der Waals surface area contributed by atoms with Crippen LogP contribution in [-0.4, -0.2) is 42.5 Å². The van der Waals surface area contributed by atoms with Crippen LogP contribution in [0.5, 0.6) is 0 Å². The van der Waals surface area contributed by atoms with E-state index in [0.717, 1.165) is 30.7 Å². The van der Waals surface area contributed by atoms with Crippen molar-refractivity contribution in [1.82, 2.24) is 15.5 Å². The Hall–Kier alpha value is -3.00. The summed E-state index contributed by atoms with van der Waals surface area (Å²) in [4.78, 5) is 26.5. The van der Waals surface area contributed by atoms with E-state index in [1.165, 1.54) is 6.07 Å². The fraction of sp³-hybridized carbons (Fsp3) is 0.364. The molecule has 0 radical (unpaired) electrons. The normalized spacial score (nSPS) is 16.0. The van der Waals surface area contributed by atoms with E-state index in [9.17, 15) is 18.4 Å². The maximum Gasteiger partial charge on any atom is 0.315 e. The molecule has 0 unspecified atom stereocenters. The summed E-state index contributed by atoms with van der Waals surface area (Å²) in [6, 6.07) is 12.1. The molecule has 2 aromatic carbocycles. The summed E-state index contributed by atoms with van der Waals surface area (Å²) in [5.74, 6) is -1.92. The molecule has 3 N–H and O–H groups in total. The van der Waals surface area contributed by atoms with Crippen molar-refractivity contribution in [2.24, 2.45) is 0 Å². The summed E-state index contributed by atoms with van der Waals surface area (Å²) >= 11 is 0. The predicted octanol–water partition coefficient (Wildman–Crippen LogP) is 3.43. The second-order valence-electron chi connectivity index (χ2n) is 7.48. The largest absolute Gasteiger partial charge is 0.335 e. The molecule has 0 saturated carbocycles. The fourth-order valence-electron chi connectivity index (χ4n) is 3.45. The molecule has 3 amide bonds. The Labute approximate surface area is 174 Å². The molecule has 1 aliphatic heterocycles. The number of urea groups is 1. The maximum absolute atomic E-state index is 13.4. The number of benzene rings is 2. The van der Waals surface area contributed by atoms with Gasteiger partial charge >= 0.3 is 6.03 Å². The fourth-order valence-corrected chi connectivity index (χ4v) is 3.45. The van der Waals surface area contributed by atoms with Crippen molar-refractivity contribution in [3.05, 3.63) is 65.7 Å². The molecule has 1 aliphatic rings. The van der Waals surface area contributed by atoms with Gasteiger partial charge < -0.3 is 16.0 Å². The van der Waals surface area contributed by atoms with Crippen LogP contribution < -0.4 is 16.0 Å². The number of halogens is 2. The Morgan fingerprint density at radius 3 is 2.43 bits per heavy atom. The highest BCUT2D eigenvalue weighted by atomic mass is 19.2. The second kappa shape index (κ2) is 10.2. The third kappa shape index (κ3) is 6.25. The number of rotatable bonds is 6. The monoisotopic (exact) mass is 416 g/mol. The summed E-state index contributed by atoms with van der Waals surface area (Å²) in [6.07, 6.45) is 1.46. The van der Waals surface area contributed by atoms with Crippen molar-refractivity contribution in [2.75, 3.05) is 25.0 Å². The van der Waals surface area contributed by atoms with Crippen LogP contribution in [0.4, 0.5) is 19.3 Å². The minimum Gasteiger partial charge on any atom is -0.335 e. The Morgan fingerprint density at radius 2 is 1.77 bits per heavy atom. The number of likely N-dealkylation sites (tertiary alicyclic amines) is 1. The lowest BCUT2D eigenvalue weighted by molar-refractivity contribution is -0.117. The smallest absolute Gasteiger partial charge is 0.315 e. The molecule has 160 valence electrons. The lowest BCUT2D eigenvalue weighted by atomic mass is 10.1. The number of carbonyl (C=O) groups excluding carboxylic acids is 2. The molecule has 0 spiro atoms. The minimum absolute atomic E-state index is 0.00408. The number of nitrogens with zero attached hydrogens (tertiary/aromatic N) is 1. The average molecular weight is 416 g/mol. The van der Waals surface area contributed by atoms with Gasteiger partial charge in [0.2, 0.25) is 5.91 Å². The molecule has 1 saturated heterocycles. The van der Waals surface area contributed by atoms with Crippen LogP contribution in [0.3, 0.4) is 0 Å². The van der Waals surface area contributed by atoms with Crippen molar-refractivity contribution >= 4 is 17.6 Å². The average Bonchev–Trinajstić information content (AvgIpc) is 2.72. The third-order valence-corrected chi connectivity index (χ3v) is 5.14. The van der Waals surface area contributed by atoms with Gasteiger partial charge in [-0.05, 0) is 49.6 Å². The molecule has 1 heterocycles. The molecule has 6 nitrogen and oxygen atoms in total. The van der Waals surface area contributed by atoms with Crippen molar-refractivity contribution in [1.29, 1.82) is 0 Å².